The summed E-state index contributed by atoms with van der Waals surface area (Å²) in [5.74, 6) is 0.476. The number of fused-ring (bicyclic) bond motifs is 1. The Balaban J connectivity index is 1.99. The predicted octanol–water partition coefficient (Wildman–Crippen LogP) is 2.00. The van der Waals surface area contributed by atoms with Gasteiger partial charge in [-0.3, -0.25) is 0 Å². The van der Waals surface area contributed by atoms with E-state index in [1.807, 2.05) is 30.0 Å². The van der Waals surface area contributed by atoms with Gasteiger partial charge in [0.15, 0.2) is 9.84 Å². The van der Waals surface area contributed by atoms with Gasteiger partial charge in [0.05, 0.1) is 17.5 Å². The van der Waals surface area contributed by atoms with Crippen LogP contribution in [0.5, 0.6) is 0 Å². The van der Waals surface area contributed by atoms with Gasteiger partial charge in [-0.1, -0.05) is 36.1 Å². The molecule has 0 aromatic heterocycles. The number of hydrogen-bond donors (Lipinski definition) is 0. The average Bonchev–Trinajstić information content (AvgIpc) is 2.68. The summed E-state index contributed by atoms with van der Waals surface area (Å²) in [6, 6.07) is 8.06. The highest BCUT2D eigenvalue weighted by Crippen LogP contribution is 2.40. The SMILES string of the molecule is Cc1cccc(N2C(=S)S[C@H]3CS(=O)(=O)C[C@H]32)c1. The lowest BCUT2D eigenvalue weighted by molar-refractivity contribution is 0.601. The fraction of sp³-hybridized carbons (Fsp3) is 0.417. The molecule has 0 saturated carbocycles. The van der Waals surface area contributed by atoms with Crippen molar-refractivity contribution >= 4 is 43.8 Å². The molecule has 2 aliphatic rings. The zero-order valence-corrected chi connectivity index (χ0v) is 12.3. The molecule has 1 aromatic rings. The van der Waals surface area contributed by atoms with E-state index in [1.165, 1.54) is 11.8 Å². The molecule has 2 atom stereocenters. The molecule has 6 heteroatoms. The fourth-order valence-corrected chi connectivity index (χ4v) is 6.92. The monoisotopic (exact) mass is 299 g/mol. The van der Waals surface area contributed by atoms with E-state index in [0.717, 1.165) is 15.6 Å². The first-order valence-corrected chi connectivity index (χ1v) is 8.84. The second kappa shape index (κ2) is 4.21. The van der Waals surface area contributed by atoms with Crippen molar-refractivity contribution in [3.63, 3.8) is 0 Å². The third-order valence-corrected chi connectivity index (χ3v) is 6.93. The van der Waals surface area contributed by atoms with Gasteiger partial charge in [-0.05, 0) is 24.6 Å². The van der Waals surface area contributed by atoms with Gasteiger partial charge in [0.1, 0.15) is 4.32 Å². The van der Waals surface area contributed by atoms with Crippen molar-refractivity contribution in [2.45, 2.75) is 18.2 Å². The third kappa shape index (κ3) is 2.06. The topological polar surface area (TPSA) is 37.4 Å². The van der Waals surface area contributed by atoms with Crippen LogP contribution in [0.25, 0.3) is 0 Å². The number of aryl methyl sites for hydroxylation is 1. The van der Waals surface area contributed by atoms with Crippen LogP contribution in [0.2, 0.25) is 0 Å². The van der Waals surface area contributed by atoms with Crippen molar-refractivity contribution in [1.29, 1.82) is 0 Å². The molecular formula is C12H13NO2S3. The lowest BCUT2D eigenvalue weighted by Gasteiger charge is -2.24. The highest BCUT2D eigenvalue weighted by molar-refractivity contribution is 8.24. The van der Waals surface area contributed by atoms with Gasteiger partial charge in [0.2, 0.25) is 0 Å². The Hall–Kier alpha value is -0.590. The first-order valence-electron chi connectivity index (χ1n) is 5.73. The van der Waals surface area contributed by atoms with Gasteiger partial charge < -0.3 is 4.90 Å². The van der Waals surface area contributed by atoms with Gasteiger partial charge in [-0.15, -0.1) is 0 Å². The molecule has 0 spiro atoms. The van der Waals surface area contributed by atoms with Crippen LogP contribution < -0.4 is 4.90 Å². The maximum atomic E-state index is 11.7. The van der Waals surface area contributed by atoms with E-state index in [-0.39, 0.29) is 22.8 Å². The highest BCUT2D eigenvalue weighted by Gasteiger charge is 2.48. The van der Waals surface area contributed by atoms with Crippen LogP contribution >= 0.6 is 24.0 Å². The molecule has 0 N–H and O–H groups in total. The Morgan fingerprint density at radius 2 is 2.17 bits per heavy atom. The van der Waals surface area contributed by atoms with E-state index in [9.17, 15) is 8.42 Å². The lowest BCUT2D eigenvalue weighted by atomic mass is 10.1. The molecule has 3 nitrogen and oxygen atoms in total. The average molecular weight is 299 g/mol. The molecule has 1 aromatic carbocycles. The molecule has 0 bridgehead atoms. The van der Waals surface area contributed by atoms with E-state index in [0.29, 0.717) is 0 Å². The summed E-state index contributed by atoms with van der Waals surface area (Å²) >= 11 is 6.91. The largest absolute Gasteiger partial charge is 0.322 e. The second-order valence-electron chi connectivity index (χ2n) is 4.78. The van der Waals surface area contributed by atoms with E-state index in [4.69, 9.17) is 12.2 Å². The number of thiocarbonyl (C=S) groups is 1. The molecule has 2 fully saturated rings. The Morgan fingerprint density at radius 1 is 1.39 bits per heavy atom. The van der Waals surface area contributed by atoms with Crippen molar-refractivity contribution in [2.75, 3.05) is 16.4 Å². The molecule has 3 rings (SSSR count). The first kappa shape index (κ1) is 12.4. The smallest absolute Gasteiger partial charge is 0.153 e. The maximum absolute atomic E-state index is 11.7. The summed E-state index contributed by atoms with van der Waals surface area (Å²) in [6.07, 6.45) is 0. The van der Waals surface area contributed by atoms with Crippen LogP contribution in [0, 0.1) is 6.92 Å². The van der Waals surface area contributed by atoms with Crippen LogP contribution in [0.3, 0.4) is 0 Å². The van der Waals surface area contributed by atoms with Crippen LogP contribution in [0.1, 0.15) is 5.56 Å². The number of sulfone groups is 1. The Kier molecular flexibility index (Phi) is 2.91. The zero-order chi connectivity index (χ0) is 12.9. The molecule has 96 valence electrons. The molecule has 2 saturated heterocycles. The highest BCUT2D eigenvalue weighted by atomic mass is 32.2. The lowest BCUT2D eigenvalue weighted by Crippen LogP contribution is -2.36. The summed E-state index contributed by atoms with van der Waals surface area (Å²) in [5, 5.41) is 0.100. The van der Waals surface area contributed by atoms with Crippen molar-refractivity contribution in [3.05, 3.63) is 29.8 Å². The van der Waals surface area contributed by atoms with Crippen LogP contribution in [0.15, 0.2) is 24.3 Å². The standard InChI is InChI=1S/C12H13NO2S3/c1-8-3-2-4-9(5-8)13-10-6-18(14,15)7-11(10)17-12(13)16/h2-5,10-11H,6-7H2,1H3/t10-,11+/m1/s1. The van der Waals surface area contributed by atoms with Crippen molar-refractivity contribution in [1.82, 2.24) is 0 Å². The van der Waals surface area contributed by atoms with E-state index in [1.54, 1.807) is 0 Å². The van der Waals surface area contributed by atoms with Crippen molar-refractivity contribution in [3.8, 4) is 0 Å². The van der Waals surface area contributed by atoms with Crippen LogP contribution in [-0.2, 0) is 9.84 Å². The molecule has 0 amide bonds. The summed E-state index contributed by atoms with van der Waals surface area (Å²) in [5.41, 5.74) is 2.17. The fourth-order valence-electron chi connectivity index (χ4n) is 2.55. The summed E-state index contributed by atoms with van der Waals surface area (Å²) in [6.45, 7) is 2.03. The first-order chi connectivity index (χ1) is 8.46. The minimum atomic E-state index is -2.90. The number of thioether (sulfide) groups is 1. The molecule has 0 aliphatic carbocycles. The number of anilines is 1. The zero-order valence-electron chi connectivity index (χ0n) is 9.87. The van der Waals surface area contributed by atoms with Crippen LogP contribution in [0.4, 0.5) is 5.69 Å². The summed E-state index contributed by atoms with van der Waals surface area (Å²) < 4.78 is 24.2. The van der Waals surface area contributed by atoms with Crippen molar-refractivity contribution in [2.24, 2.45) is 0 Å². The molecule has 2 aliphatic heterocycles. The van der Waals surface area contributed by atoms with Gasteiger partial charge in [-0.2, -0.15) is 0 Å². The molecule has 0 radical (unpaired) electrons. The van der Waals surface area contributed by atoms with E-state index >= 15 is 0 Å². The number of hydrogen-bond acceptors (Lipinski definition) is 4. The maximum Gasteiger partial charge on any atom is 0.153 e. The summed E-state index contributed by atoms with van der Waals surface area (Å²) in [4.78, 5) is 2.02. The van der Waals surface area contributed by atoms with E-state index < -0.39 is 9.84 Å². The van der Waals surface area contributed by atoms with Gasteiger partial charge >= 0.3 is 0 Å². The minimum Gasteiger partial charge on any atom is -0.322 e. The van der Waals surface area contributed by atoms with E-state index in [2.05, 4.69) is 6.07 Å². The Morgan fingerprint density at radius 3 is 2.89 bits per heavy atom. The minimum absolute atomic E-state index is 0.00861. The predicted molar refractivity (Wildman–Crippen MR) is 80.1 cm³/mol. The number of rotatable bonds is 1. The normalized spacial score (nSPS) is 29.6. The third-order valence-electron chi connectivity index (χ3n) is 3.33. The van der Waals surface area contributed by atoms with Crippen LogP contribution in [-0.4, -0.2) is 35.5 Å². The van der Waals surface area contributed by atoms with Crippen molar-refractivity contribution < 1.29 is 8.42 Å². The summed E-state index contributed by atoms with van der Waals surface area (Å²) in [7, 11) is -2.90. The van der Waals surface area contributed by atoms with Gasteiger partial charge in [0.25, 0.3) is 0 Å². The Bertz CT molecular complexity index is 612. The van der Waals surface area contributed by atoms with Gasteiger partial charge in [0, 0.05) is 10.9 Å². The molecular weight excluding hydrogens is 286 g/mol. The molecule has 2 heterocycles. The Labute approximate surface area is 116 Å². The van der Waals surface area contributed by atoms with Gasteiger partial charge in [-0.25, -0.2) is 8.42 Å². The molecule has 18 heavy (non-hydrogen) atoms. The second-order valence-corrected chi connectivity index (χ2v) is 8.80. The number of benzene rings is 1. The quantitative estimate of drug-likeness (QED) is 0.742. The molecule has 0 unspecified atom stereocenters. The number of nitrogens with zero attached hydrogens (tertiary/aromatic N) is 1.